The molecule has 18 unspecified atom stereocenters. The Bertz CT molecular complexity index is 3180. The summed E-state index contributed by atoms with van der Waals surface area (Å²) in [5.41, 5.74) is 0. The molecule has 9 saturated heterocycles. The van der Waals surface area contributed by atoms with Crippen molar-refractivity contribution in [2.24, 2.45) is 5.92 Å². The lowest BCUT2D eigenvalue weighted by Crippen LogP contribution is -2.71. The molecule has 51 nitrogen and oxygen atoms in total. The van der Waals surface area contributed by atoms with E-state index in [1.807, 2.05) is 0 Å². The van der Waals surface area contributed by atoms with Crippen molar-refractivity contribution in [3.05, 3.63) is 0 Å². The lowest BCUT2D eigenvalue weighted by molar-refractivity contribution is -0.448. The number of nitrogens with one attached hydrogen (secondary N) is 4. The molecule has 0 bridgehead atoms. The standard InChI is InChI=1S/C67H112N4O47/c1-18-24(85)7-67(102-17-80,117-52(18)38(87)25(86)8-72)118-57-42(91)29(12-76)105-64(51(57)100)113-55-32(15-79)109-62(37(47(55)96)71-23(6)84)116-59-49(98)41(90)28(11-75)107-66(59)114-56-43(92)33(16-101-65-58(48(97)40(89)27(10-74)106-65)115-60-35(69-21(4)82)44(93)39(88)26(9-73)104-60)110-63(50(56)99)112-54-31(14-78)108-61(36(46(54)95)70-22(5)83)111-53-30(13-77)103-19(2)34(45(53)94)68-20(3)81/h17-19,24-66,72-79,85-100H,7-16H2,1-6H3,(H,68,81)(H,69,82)(H,70,83)(H,71,84)/t18-,19+,24+,25+,26-,27?,28?,29?,30?,31?,32?,33?,34?,35?,36?,37?,38-,39-,40+,41+,42+,43+,44?,45-,46-,47-,48+,49?,50?,51?,52?,53+,54+,55+,56+,57+,58?,59?,60-,61+,62+,63+,64+,65-,66+,67+/m1/s1. The number of aliphatic hydroxyl groups is 24. The lowest BCUT2D eigenvalue weighted by atomic mass is 9.87. The Morgan fingerprint density at radius 3 is 1.17 bits per heavy atom. The third kappa shape index (κ3) is 21.6. The summed E-state index contributed by atoms with van der Waals surface area (Å²) < 4.78 is 107. The molecule has 9 rings (SSSR count). The maximum atomic E-state index is 13.2. The molecule has 9 aliphatic rings. The van der Waals surface area contributed by atoms with Gasteiger partial charge in [-0.15, -0.1) is 0 Å². The molecule has 0 aromatic carbocycles. The molecule has 0 saturated carbocycles. The van der Waals surface area contributed by atoms with Gasteiger partial charge in [0.25, 0.3) is 6.47 Å². The summed E-state index contributed by atoms with van der Waals surface area (Å²) in [7, 11) is 0. The zero-order valence-electron chi connectivity index (χ0n) is 64.3. The minimum Gasteiger partial charge on any atom is -0.410 e. The minimum absolute atomic E-state index is 0.249. The summed E-state index contributed by atoms with van der Waals surface area (Å²) in [6.07, 6.45) is -83.0. The molecular formula is C67H112N4O47. The van der Waals surface area contributed by atoms with Crippen molar-refractivity contribution < 1.29 is 232 Å². The molecule has 0 aromatic rings. The van der Waals surface area contributed by atoms with Crippen LogP contribution in [0.1, 0.15) is 48.0 Å². The van der Waals surface area contributed by atoms with Gasteiger partial charge < -0.3 is 229 Å². The topological polar surface area (TPSA) is 785 Å². The van der Waals surface area contributed by atoms with Crippen molar-refractivity contribution in [1.29, 1.82) is 0 Å². The molecule has 0 aromatic heterocycles. The summed E-state index contributed by atoms with van der Waals surface area (Å²) >= 11 is 0. The normalized spacial score (nSPS) is 47.5. The smallest absolute Gasteiger partial charge is 0.332 e. The Hall–Kier alpha value is -4.29. The number of amides is 4. The Morgan fingerprint density at radius 2 is 0.720 bits per heavy atom. The van der Waals surface area contributed by atoms with Gasteiger partial charge in [-0.2, -0.15) is 0 Å². The highest BCUT2D eigenvalue weighted by Gasteiger charge is 2.62. The van der Waals surface area contributed by atoms with E-state index in [9.17, 15) is 147 Å². The van der Waals surface area contributed by atoms with Crippen LogP contribution in [0.4, 0.5) is 0 Å². The van der Waals surface area contributed by atoms with E-state index in [1.54, 1.807) is 0 Å². The largest absolute Gasteiger partial charge is 0.410 e. The van der Waals surface area contributed by atoms with Crippen LogP contribution in [0.5, 0.6) is 0 Å². The van der Waals surface area contributed by atoms with Crippen molar-refractivity contribution in [2.45, 2.75) is 324 Å². The monoisotopic (exact) mass is 1720 g/mol. The van der Waals surface area contributed by atoms with Crippen molar-refractivity contribution in [3.63, 3.8) is 0 Å². The van der Waals surface area contributed by atoms with Crippen LogP contribution in [-0.2, 0) is 109 Å². The first-order chi connectivity index (χ1) is 55.8. The number of ether oxygens (including phenoxy) is 18. The Balaban J connectivity index is 1.04. The molecule has 9 fully saturated rings. The summed E-state index contributed by atoms with van der Waals surface area (Å²) in [6.45, 7) is -3.32. The second kappa shape index (κ2) is 42.6. The van der Waals surface area contributed by atoms with Gasteiger partial charge in [0.15, 0.2) is 44.0 Å². The Labute approximate surface area is 670 Å². The van der Waals surface area contributed by atoms with E-state index in [2.05, 4.69) is 21.3 Å². The third-order valence-electron chi connectivity index (χ3n) is 21.9. The predicted octanol–water partition coefficient (Wildman–Crippen LogP) is -18.5. The number of hydrogen-bond donors (Lipinski definition) is 28. The fraction of sp³-hybridized carbons (Fsp3) is 0.925. The van der Waals surface area contributed by atoms with Crippen molar-refractivity contribution in [3.8, 4) is 0 Å². The second-order valence-corrected chi connectivity index (χ2v) is 30.1. The van der Waals surface area contributed by atoms with Crippen LogP contribution < -0.4 is 21.3 Å². The average molecular weight is 1730 g/mol. The van der Waals surface area contributed by atoms with Crippen LogP contribution in [0.2, 0.25) is 0 Å². The molecule has 51 heteroatoms. The van der Waals surface area contributed by atoms with E-state index in [0.717, 1.165) is 27.7 Å². The zero-order valence-corrected chi connectivity index (χ0v) is 64.3. The lowest BCUT2D eigenvalue weighted by Gasteiger charge is -2.51. The summed E-state index contributed by atoms with van der Waals surface area (Å²) in [5.74, 6) is -7.38. The van der Waals surface area contributed by atoms with E-state index in [0.29, 0.717) is 0 Å². The first-order valence-electron chi connectivity index (χ1n) is 37.9. The first kappa shape index (κ1) is 97.5. The molecule has 9 heterocycles. The number of hydrogen-bond acceptors (Lipinski definition) is 47. The molecule has 28 N–H and O–H groups in total. The van der Waals surface area contributed by atoms with Gasteiger partial charge in [0.2, 0.25) is 23.6 Å². The van der Waals surface area contributed by atoms with Crippen molar-refractivity contribution in [2.75, 3.05) is 59.5 Å². The second-order valence-electron chi connectivity index (χ2n) is 30.1. The molecule has 0 spiro atoms. The molecule has 682 valence electrons. The third-order valence-corrected chi connectivity index (χ3v) is 21.9. The molecule has 118 heavy (non-hydrogen) atoms. The van der Waals surface area contributed by atoms with Gasteiger partial charge in [-0.05, 0) is 6.92 Å². The van der Waals surface area contributed by atoms with Crippen LogP contribution in [0, 0.1) is 5.92 Å². The van der Waals surface area contributed by atoms with Gasteiger partial charge in [-0.3, -0.25) is 24.0 Å². The van der Waals surface area contributed by atoms with Crippen LogP contribution in [-0.4, -0.2) is 488 Å². The van der Waals surface area contributed by atoms with Crippen molar-refractivity contribution >= 4 is 30.1 Å². The van der Waals surface area contributed by atoms with E-state index in [4.69, 9.17) is 85.3 Å². The van der Waals surface area contributed by atoms with Gasteiger partial charge >= 0.3 is 5.97 Å². The number of carbonyl (C=O) groups excluding carboxylic acids is 5. The molecule has 46 atom stereocenters. The first-order valence-corrected chi connectivity index (χ1v) is 37.9. The van der Waals surface area contributed by atoms with Crippen LogP contribution in [0.15, 0.2) is 0 Å². The maximum absolute atomic E-state index is 13.2. The quantitative estimate of drug-likeness (QED) is 0.0214. The van der Waals surface area contributed by atoms with Gasteiger partial charge in [-0.1, -0.05) is 6.92 Å². The van der Waals surface area contributed by atoms with Gasteiger partial charge in [0.05, 0.1) is 90.2 Å². The molecule has 0 radical (unpaired) electrons. The SMILES string of the molecule is CC(=O)NC1C(O)[C@H](O)[C@@H](CO)O[C@@H]1OC1[C@H](OCC2O[C@@H](O[C@H]3C(CO)O[C@@H](O[C@H]4C(CO)O[C@@H](C)C(NC(C)=O)[C@H]4O)C(NC(C)=O)[C@H]3O)C(O)[C@@H](O[C@@H]3OC(CO)[C@H](O)C(O)C3O[C@@H]3OC(CO)[C@H](O[C@@H]4OC(CO)[C@H](O)[C@H](O[C@]5(OC=O)C[C@H](O)[C@@H](C)C([C@H](O)[C@@H](O)CO)O5)C4O)[C@H](O)C3NC(C)=O)[C@H]2O)OC(CO)[C@H](O)[C@@H]1O. The molecule has 0 aliphatic carbocycles. The van der Waals surface area contributed by atoms with Crippen LogP contribution in [0.25, 0.3) is 0 Å². The minimum atomic E-state index is -2.88. The summed E-state index contributed by atoms with van der Waals surface area (Å²) in [6, 6.07) is -6.88. The fourth-order valence-corrected chi connectivity index (χ4v) is 15.5. The van der Waals surface area contributed by atoms with E-state index < -0.39 is 371 Å². The average Bonchev–Trinajstić information content (AvgIpc) is 0.762. The number of rotatable bonds is 33. The Morgan fingerprint density at radius 1 is 0.381 bits per heavy atom. The molecule has 4 amide bonds. The highest BCUT2D eigenvalue weighted by Crippen LogP contribution is 2.43. The zero-order chi connectivity index (χ0) is 87.1. The molecular weight excluding hydrogens is 1610 g/mol. The van der Waals surface area contributed by atoms with Gasteiger partial charge in [0, 0.05) is 33.6 Å². The van der Waals surface area contributed by atoms with E-state index >= 15 is 0 Å². The number of carbonyl (C=O) groups is 5. The van der Waals surface area contributed by atoms with Crippen LogP contribution in [0.3, 0.4) is 0 Å². The summed E-state index contributed by atoms with van der Waals surface area (Å²) in [5, 5.41) is 279. The number of aliphatic hydroxyl groups excluding tert-OH is 24. The van der Waals surface area contributed by atoms with Gasteiger partial charge in [-0.25, -0.2) is 0 Å². The summed E-state index contributed by atoms with van der Waals surface area (Å²) in [4.78, 5) is 63.0. The fourth-order valence-electron chi connectivity index (χ4n) is 15.5. The Kier molecular flexibility index (Phi) is 35.2. The highest BCUT2D eigenvalue weighted by atomic mass is 16.9. The van der Waals surface area contributed by atoms with Crippen LogP contribution >= 0.6 is 0 Å². The van der Waals surface area contributed by atoms with Crippen molar-refractivity contribution in [1.82, 2.24) is 21.3 Å². The van der Waals surface area contributed by atoms with Gasteiger partial charge in [0.1, 0.15) is 201 Å². The molecule has 9 aliphatic heterocycles. The van der Waals surface area contributed by atoms with E-state index in [1.165, 1.54) is 13.8 Å². The maximum Gasteiger partial charge on any atom is 0.332 e. The highest BCUT2D eigenvalue weighted by molar-refractivity contribution is 5.74. The van der Waals surface area contributed by atoms with E-state index in [-0.39, 0.29) is 6.47 Å². The predicted molar refractivity (Wildman–Crippen MR) is 367 cm³/mol.